The van der Waals surface area contributed by atoms with Gasteiger partial charge in [0.1, 0.15) is 0 Å². The largest absolute Gasteiger partial charge is 0.321 e. The Morgan fingerprint density at radius 1 is 1.42 bits per heavy atom. The molecule has 0 saturated heterocycles. The van der Waals surface area contributed by atoms with Crippen LogP contribution in [0.2, 0.25) is 10.0 Å². The monoisotopic (exact) mass is 201 g/mol. The quantitative estimate of drug-likeness (QED) is 0.732. The van der Waals surface area contributed by atoms with Crippen LogP contribution < -0.4 is 5.73 Å². The Balaban J connectivity index is 3.12. The van der Waals surface area contributed by atoms with E-state index in [1.54, 1.807) is 24.3 Å². The summed E-state index contributed by atoms with van der Waals surface area (Å²) in [6.07, 6.45) is 1.62. The second kappa shape index (κ2) is 3.94. The molecule has 0 aliphatic rings. The summed E-state index contributed by atoms with van der Waals surface area (Å²) in [4.78, 5) is 0. The average molecular weight is 202 g/mol. The molecular weight excluding hydrogens is 193 g/mol. The van der Waals surface area contributed by atoms with Crippen LogP contribution in [0.15, 0.2) is 30.9 Å². The lowest BCUT2D eigenvalue weighted by Crippen LogP contribution is -2.06. The molecule has 64 valence electrons. The van der Waals surface area contributed by atoms with Crippen LogP contribution in [0.3, 0.4) is 0 Å². The Bertz CT molecular complexity index is 297. The maximum absolute atomic E-state index is 5.88. The standard InChI is InChI=1S/C9H9Cl2N/c1-2-9(12)7-5-6(10)3-4-8(7)11/h2-5,9H,1,12H2. The van der Waals surface area contributed by atoms with Crippen molar-refractivity contribution in [1.82, 2.24) is 0 Å². The Morgan fingerprint density at radius 2 is 2.08 bits per heavy atom. The predicted octanol–water partition coefficient (Wildman–Crippen LogP) is 3.18. The topological polar surface area (TPSA) is 26.0 Å². The zero-order valence-corrected chi connectivity index (χ0v) is 7.94. The van der Waals surface area contributed by atoms with Gasteiger partial charge in [-0.1, -0.05) is 29.3 Å². The number of hydrogen-bond acceptors (Lipinski definition) is 1. The van der Waals surface area contributed by atoms with Crippen molar-refractivity contribution in [3.05, 3.63) is 46.5 Å². The van der Waals surface area contributed by atoms with Crippen molar-refractivity contribution < 1.29 is 0 Å². The molecule has 1 atom stereocenters. The van der Waals surface area contributed by atoms with Gasteiger partial charge in [0, 0.05) is 16.1 Å². The lowest BCUT2D eigenvalue weighted by atomic mass is 10.1. The van der Waals surface area contributed by atoms with Crippen LogP contribution in [0.4, 0.5) is 0 Å². The zero-order valence-electron chi connectivity index (χ0n) is 6.43. The molecule has 2 N–H and O–H groups in total. The fourth-order valence-electron chi connectivity index (χ4n) is 0.897. The summed E-state index contributed by atoms with van der Waals surface area (Å²) in [7, 11) is 0. The molecule has 0 aliphatic carbocycles. The van der Waals surface area contributed by atoms with E-state index in [0.717, 1.165) is 5.56 Å². The van der Waals surface area contributed by atoms with Crippen molar-refractivity contribution in [3.8, 4) is 0 Å². The highest BCUT2D eigenvalue weighted by atomic mass is 35.5. The molecule has 0 aliphatic heterocycles. The summed E-state index contributed by atoms with van der Waals surface area (Å²) < 4.78 is 0. The van der Waals surface area contributed by atoms with E-state index in [2.05, 4.69) is 6.58 Å². The predicted molar refractivity (Wildman–Crippen MR) is 53.6 cm³/mol. The van der Waals surface area contributed by atoms with E-state index in [0.29, 0.717) is 10.0 Å². The van der Waals surface area contributed by atoms with E-state index in [-0.39, 0.29) is 6.04 Å². The number of rotatable bonds is 2. The maximum Gasteiger partial charge on any atom is 0.0493 e. The fraction of sp³-hybridized carbons (Fsp3) is 0.111. The second-order valence-electron chi connectivity index (χ2n) is 2.43. The van der Waals surface area contributed by atoms with Crippen LogP contribution in [0.5, 0.6) is 0 Å². The Labute approximate surface area is 81.8 Å². The van der Waals surface area contributed by atoms with Gasteiger partial charge in [-0.2, -0.15) is 0 Å². The molecule has 0 saturated carbocycles. The van der Waals surface area contributed by atoms with E-state index in [1.807, 2.05) is 0 Å². The molecule has 0 bridgehead atoms. The third-order valence-corrected chi connectivity index (χ3v) is 2.15. The van der Waals surface area contributed by atoms with Crippen LogP contribution in [0.1, 0.15) is 11.6 Å². The van der Waals surface area contributed by atoms with E-state index in [1.165, 1.54) is 0 Å². The van der Waals surface area contributed by atoms with Crippen molar-refractivity contribution >= 4 is 23.2 Å². The van der Waals surface area contributed by atoms with Crippen LogP contribution in [0.25, 0.3) is 0 Å². The molecule has 0 heterocycles. The van der Waals surface area contributed by atoms with Gasteiger partial charge in [0.05, 0.1) is 0 Å². The van der Waals surface area contributed by atoms with E-state index >= 15 is 0 Å². The van der Waals surface area contributed by atoms with Crippen LogP contribution in [-0.2, 0) is 0 Å². The van der Waals surface area contributed by atoms with Gasteiger partial charge < -0.3 is 5.73 Å². The molecule has 12 heavy (non-hydrogen) atoms. The Morgan fingerprint density at radius 3 is 2.67 bits per heavy atom. The molecule has 0 fully saturated rings. The highest BCUT2D eigenvalue weighted by molar-refractivity contribution is 6.33. The third-order valence-electron chi connectivity index (χ3n) is 1.57. The van der Waals surface area contributed by atoms with Crippen molar-refractivity contribution in [2.75, 3.05) is 0 Å². The lowest BCUT2D eigenvalue weighted by Gasteiger charge is -2.08. The molecule has 1 nitrogen and oxygen atoms in total. The summed E-state index contributed by atoms with van der Waals surface area (Å²) in [5.41, 5.74) is 6.51. The van der Waals surface area contributed by atoms with Gasteiger partial charge in [0.25, 0.3) is 0 Å². The summed E-state index contributed by atoms with van der Waals surface area (Å²) in [5.74, 6) is 0. The van der Waals surface area contributed by atoms with Crippen molar-refractivity contribution in [3.63, 3.8) is 0 Å². The van der Waals surface area contributed by atoms with Crippen LogP contribution in [-0.4, -0.2) is 0 Å². The SMILES string of the molecule is C=CC(N)c1cc(Cl)ccc1Cl. The first-order valence-electron chi connectivity index (χ1n) is 3.48. The first-order chi connectivity index (χ1) is 5.65. The van der Waals surface area contributed by atoms with Gasteiger partial charge in [0.15, 0.2) is 0 Å². The summed E-state index contributed by atoms with van der Waals surface area (Å²) in [5, 5.41) is 1.25. The third kappa shape index (κ3) is 2.01. The minimum absolute atomic E-state index is 0.254. The van der Waals surface area contributed by atoms with Gasteiger partial charge in [0.2, 0.25) is 0 Å². The molecule has 0 radical (unpaired) electrons. The summed E-state index contributed by atoms with van der Waals surface area (Å²) in [6.45, 7) is 3.58. The minimum Gasteiger partial charge on any atom is -0.321 e. The van der Waals surface area contributed by atoms with Crippen LogP contribution >= 0.6 is 23.2 Å². The van der Waals surface area contributed by atoms with Crippen molar-refractivity contribution in [1.29, 1.82) is 0 Å². The molecule has 0 spiro atoms. The smallest absolute Gasteiger partial charge is 0.0493 e. The normalized spacial score (nSPS) is 12.6. The molecule has 0 amide bonds. The molecule has 3 heteroatoms. The molecule has 1 unspecified atom stereocenters. The molecule has 0 aromatic heterocycles. The van der Waals surface area contributed by atoms with E-state index in [4.69, 9.17) is 28.9 Å². The molecule has 1 aromatic carbocycles. The second-order valence-corrected chi connectivity index (χ2v) is 3.27. The Hall–Kier alpha value is -0.500. The van der Waals surface area contributed by atoms with Gasteiger partial charge in [-0.15, -0.1) is 6.58 Å². The number of nitrogens with two attached hydrogens (primary N) is 1. The van der Waals surface area contributed by atoms with Gasteiger partial charge in [-0.3, -0.25) is 0 Å². The minimum atomic E-state index is -0.254. The highest BCUT2D eigenvalue weighted by Gasteiger charge is 2.06. The zero-order chi connectivity index (χ0) is 9.14. The van der Waals surface area contributed by atoms with Gasteiger partial charge in [-0.25, -0.2) is 0 Å². The Kier molecular flexibility index (Phi) is 3.15. The molecule has 1 rings (SSSR count). The first-order valence-corrected chi connectivity index (χ1v) is 4.24. The van der Waals surface area contributed by atoms with Crippen molar-refractivity contribution in [2.45, 2.75) is 6.04 Å². The van der Waals surface area contributed by atoms with E-state index < -0.39 is 0 Å². The van der Waals surface area contributed by atoms with Gasteiger partial charge >= 0.3 is 0 Å². The van der Waals surface area contributed by atoms with Gasteiger partial charge in [-0.05, 0) is 23.8 Å². The number of benzene rings is 1. The summed E-state index contributed by atoms with van der Waals surface area (Å²) in [6, 6.07) is 4.94. The summed E-state index contributed by atoms with van der Waals surface area (Å²) >= 11 is 11.7. The fourth-order valence-corrected chi connectivity index (χ4v) is 1.32. The van der Waals surface area contributed by atoms with Crippen molar-refractivity contribution in [2.24, 2.45) is 5.73 Å². The number of hydrogen-bond donors (Lipinski definition) is 1. The highest BCUT2D eigenvalue weighted by Crippen LogP contribution is 2.25. The first kappa shape index (κ1) is 9.59. The number of halogens is 2. The average Bonchev–Trinajstić information content (AvgIpc) is 2.08. The molecular formula is C9H9Cl2N. The van der Waals surface area contributed by atoms with E-state index in [9.17, 15) is 0 Å². The molecule has 1 aromatic rings. The van der Waals surface area contributed by atoms with Crippen LogP contribution in [0, 0.1) is 0 Å². The lowest BCUT2D eigenvalue weighted by molar-refractivity contribution is 0.915. The maximum atomic E-state index is 5.88.